The van der Waals surface area contributed by atoms with Crippen molar-refractivity contribution < 1.29 is 9.53 Å². The first-order chi connectivity index (χ1) is 9.12. The molecule has 3 N–H and O–H groups in total. The molecular formula is C14H23N3O2. The maximum atomic E-state index is 12.2. The molecular weight excluding hydrogens is 242 g/mol. The fraction of sp³-hybridized carbons (Fsp3) is 0.500. The van der Waals surface area contributed by atoms with Crippen molar-refractivity contribution in [3.63, 3.8) is 0 Å². The van der Waals surface area contributed by atoms with Gasteiger partial charge in [-0.3, -0.25) is 0 Å². The van der Waals surface area contributed by atoms with E-state index in [1.165, 1.54) is 0 Å². The van der Waals surface area contributed by atoms with E-state index < -0.39 is 0 Å². The average Bonchev–Trinajstić information content (AvgIpc) is 2.44. The van der Waals surface area contributed by atoms with Gasteiger partial charge in [0.25, 0.3) is 0 Å². The molecule has 0 spiro atoms. The molecule has 0 radical (unpaired) electrons. The number of carbonyl (C=O) groups is 1. The fourth-order valence-corrected chi connectivity index (χ4v) is 1.75. The van der Waals surface area contributed by atoms with Crippen LogP contribution in [0.2, 0.25) is 0 Å². The number of carbonyl (C=O) groups excluding carboxylic acids is 1. The average molecular weight is 265 g/mol. The summed E-state index contributed by atoms with van der Waals surface area (Å²) >= 11 is 0. The van der Waals surface area contributed by atoms with E-state index in [0.717, 1.165) is 0 Å². The number of nitrogens with zero attached hydrogens (tertiary/aromatic N) is 1. The summed E-state index contributed by atoms with van der Waals surface area (Å²) in [6.45, 7) is 5.84. The van der Waals surface area contributed by atoms with Crippen LogP contribution in [0.1, 0.15) is 13.8 Å². The number of benzene rings is 1. The van der Waals surface area contributed by atoms with Gasteiger partial charge in [0.2, 0.25) is 0 Å². The summed E-state index contributed by atoms with van der Waals surface area (Å²) in [6.07, 6.45) is 0. The number of nitrogens with one attached hydrogen (secondary N) is 1. The molecule has 1 aromatic rings. The maximum Gasteiger partial charge on any atom is 0.321 e. The van der Waals surface area contributed by atoms with Crippen LogP contribution in [0.15, 0.2) is 24.3 Å². The minimum atomic E-state index is -0.132. The summed E-state index contributed by atoms with van der Waals surface area (Å²) < 4.78 is 5.21. The molecule has 0 aliphatic rings. The predicted molar refractivity (Wildman–Crippen MR) is 77.5 cm³/mol. The van der Waals surface area contributed by atoms with Crippen molar-refractivity contribution in [2.24, 2.45) is 11.7 Å². The lowest BCUT2D eigenvalue weighted by Crippen LogP contribution is -2.39. The summed E-state index contributed by atoms with van der Waals surface area (Å²) in [5.41, 5.74) is 6.27. The molecule has 5 nitrogen and oxygen atoms in total. The van der Waals surface area contributed by atoms with Gasteiger partial charge in [0.15, 0.2) is 0 Å². The number of rotatable bonds is 6. The SMILES string of the molecule is CCN(CC(C)CN)C(=O)Nc1ccccc1OC. The van der Waals surface area contributed by atoms with Crippen molar-refractivity contribution in [1.82, 2.24) is 4.90 Å². The van der Waals surface area contributed by atoms with Crippen LogP contribution in [-0.2, 0) is 0 Å². The summed E-state index contributed by atoms with van der Waals surface area (Å²) in [6, 6.07) is 7.22. The zero-order valence-corrected chi connectivity index (χ0v) is 11.8. The van der Waals surface area contributed by atoms with Crippen molar-refractivity contribution in [2.75, 3.05) is 32.1 Å². The molecule has 0 saturated carbocycles. The monoisotopic (exact) mass is 265 g/mol. The minimum Gasteiger partial charge on any atom is -0.495 e. The summed E-state index contributed by atoms with van der Waals surface area (Å²) in [5, 5.41) is 2.86. The minimum absolute atomic E-state index is 0.132. The van der Waals surface area contributed by atoms with Gasteiger partial charge in [0.1, 0.15) is 5.75 Å². The van der Waals surface area contributed by atoms with E-state index in [0.29, 0.717) is 31.1 Å². The second-order valence-electron chi connectivity index (χ2n) is 4.51. The first kappa shape index (κ1) is 15.3. The Labute approximate surface area is 114 Å². The third-order valence-corrected chi connectivity index (χ3v) is 2.95. The highest BCUT2D eigenvalue weighted by Gasteiger charge is 2.15. The van der Waals surface area contributed by atoms with E-state index in [2.05, 4.69) is 5.32 Å². The Morgan fingerprint density at radius 3 is 2.74 bits per heavy atom. The van der Waals surface area contributed by atoms with E-state index in [9.17, 15) is 4.79 Å². The molecule has 2 amide bonds. The van der Waals surface area contributed by atoms with E-state index in [4.69, 9.17) is 10.5 Å². The first-order valence-corrected chi connectivity index (χ1v) is 6.51. The summed E-state index contributed by atoms with van der Waals surface area (Å²) in [5.74, 6) is 0.933. The van der Waals surface area contributed by atoms with Gasteiger partial charge < -0.3 is 20.7 Å². The van der Waals surface area contributed by atoms with Gasteiger partial charge in [-0.15, -0.1) is 0 Å². The maximum absolute atomic E-state index is 12.2. The van der Waals surface area contributed by atoms with Crippen LogP contribution in [0.5, 0.6) is 5.75 Å². The number of anilines is 1. The quantitative estimate of drug-likeness (QED) is 0.828. The normalized spacial score (nSPS) is 11.8. The van der Waals surface area contributed by atoms with Crippen LogP contribution in [0.4, 0.5) is 10.5 Å². The largest absolute Gasteiger partial charge is 0.495 e. The molecule has 0 saturated heterocycles. The molecule has 1 atom stereocenters. The number of hydrogen-bond acceptors (Lipinski definition) is 3. The summed E-state index contributed by atoms with van der Waals surface area (Å²) in [7, 11) is 1.58. The molecule has 0 bridgehead atoms. The van der Waals surface area contributed by atoms with Crippen molar-refractivity contribution in [3.8, 4) is 5.75 Å². The standard InChI is InChI=1S/C14H23N3O2/c1-4-17(10-11(2)9-15)14(18)16-12-7-5-6-8-13(12)19-3/h5-8,11H,4,9-10,15H2,1-3H3,(H,16,18). The molecule has 19 heavy (non-hydrogen) atoms. The van der Waals surface area contributed by atoms with Crippen molar-refractivity contribution >= 4 is 11.7 Å². The predicted octanol–water partition coefficient (Wildman–Crippen LogP) is 2.14. The van der Waals surface area contributed by atoms with Crippen molar-refractivity contribution in [2.45, 2.75) is 13.8 Å². The smallest absolute Gasteiger partial charge is 0.321 e. The van der Waals surface area contributed by atoms with Gasteiger partial charge in [0, 0.05) is 13.1 Å². The third kappa shape index (κ3) is 4.44. The van der Waals surface area contributed by atoms with E-state index in [-0.39, 0.29) is 11.9 Å². The second kappa shape index (κ2) is 7.63. The van der Waals surface area contributed by atoms with Gasteiger partial charge in [0.05, 0.1) is 12.8 Å². The van der Waals surface area contributed by atoms with Gasteiger partial charge in [-0.2, -0.15) is 0 Å². The Hall–Kier alpha value is -1.75. The van der Waals surface area contributed by atoms with Crippen molar-refractivity contribution in [3.05, 3.63) is 24.3 Å². The zero-order chi connectivity index (χ0) is 14.3. The molecule has 0 heterocycles. The van der Waals surface area contributed by atoms with E-state index in [1.54, 1.807) is 12.0 Å². The Balaban J connectivity index is 2.71. The molecule has 0 aliphatic carbocycles. The Morgan fingerprint density at radius 2 is 2.16 bits per heavy atom. The van der Waals surface area contributed by atoms with Crippen LogP contribution < -0.4 is 15.8 Å². The molecule has 0 aromatic heterocycles. The second-order valence-corrected chi connectivity index (χ2v) is 4.51. The lowest BCUT2D eigenvalue weighted by atomic mass is 10.2. The van der Waals surface area contributed by atoms with Gasteiger partial charge in [-0.05, 0) is 31.5 Å². The van der Waals surface area contributed by atoms with Crippen LogP contribution in [0.3, 0.4) is 0 Å². The molecule has 1 aromatic carbocycles. The Kier molecular flexibility index (Phi) is 6.15. The molecule has 1 rings (SSSR count). The van der Waals surface area contributed by atoms with E-state index >= 15 is 0 Å². The van der Waals surface area contributed by atoms with E-state index in [1.807, 2.05) is 38.1 Å². The highest BCUT2D eigenvalue weighted by atomic mass is 16.5. The molecule has 1 unspecified atom stereocenters. The Bertz CT molecular complexity index is 409. The number of urea groups is 1. The van der Waals surface area contributed by atoms with Crippen LogP contribution >= 0.6 is 0 Å². The van der Waals surface area contributed by atoms with Crippen LogP contribution in [-0.4, -0.2) is 37.7 Å². The molecule has 0 aliphatic heterocycles. The topological polar surface area (TPSA) is 67.6 Å². The van der Waals surface area contributed by atoms with Gasteiger partial charge in [-0.1, -0.05) is 19.1 Å². The number of nitrogens with two attached hydrogens (primary N) is 1. The lowest BCUT2D eigenvalue weighted by Gasteiger charge is -2.24. The van der Waals surface area contributed by atoms with Gasteiger partial charge in [-0.25, -0.2) is 4.79 Å². The highest BCUT2D eigenvalue weighted by molar-refractivity contribution is 5.90. The van der Waals surface area contributed by atoms with Crippen LogP contribution in [0.25, 0.3) is 0 Å². The van der Waals surface area contributed by atoms with Gasteiger partial charge >= 0.3 is 6.03 Å². The molecule has 5 heteroatoms. The zero-order valence-electron chi connectivity index (χ0n) is 11.8. The van der Waals surface area contributed by atoms with Crippen LogP contribution in [0, 0.1) is 5.92 Å². The molecule has 106 valence electrons. The van der Waals surface area contributed by atoms with Crippen molar-refractivity contribution in [1.29, 1.82) is 0 Å². The lowest BCUT2D eigenvalue weighted by molar-refractivity contribution is 0.206. The number of methoxy groups -OCH3 is 1. The third-order valence-electron chi connectivity index (χ3n) is 2.95. The highest BCUT2D eigenvalue weighted by Crippen LogP contribution is 2.23. The molecule has 0 fully saturated rings. The first-order valence-electron chi connectivity index (χ1n) is 6.51. The fourth-order valence-electron chi connectivity index (χ4n) is 1.75. The Morgan fingerprint density at radius 1 is 1.47 bits per heavy atom. The number of amides is 2. The number of hydrogen-bond donors (Lipinski definition) is 2. The summed E-state index contributed by atoms with van der Waals surface area (Å²) in [4.78, 5) is 13.9. The number of ether oxygens (including phenoxy) is 1. The number of para-hydroxylation sites is 2.